The molecule has 25 heavy (non-hydrogen) atoms. The molecule has 1 heterocycles. The molecule has 0 aromatic heterocycles. The molecule has 1 aliphatic heterocycles. The second-order valence-electron chi connectivity index (χ2n) is 5.84. The monoisotopic (exact) mass is 341 g/mol. The predicted octanol–water partition coefficient (Wildman–Crippen LogP) is 4.03. The van der Waals surface area contributed by atoms with E-state index < -0.39 is 0 Å². The first kappa shape index (κ1) is 17.0. The Bertz CT molecular complexity index is 722. The predicted molar refractivity (Wildman–Crippen MR) is 94.9 cm³/mol. The zero-order chi connectivity index (χ0) is 17.5. The van der Waals surface area contributed by atoms with Gasteiger partial charge in [-0.05, 0) is 29.8 Å². The lowest BCUT2D eigenvalue weighted by Crippen LogP contribution is -2.41. The third-order valence-corrected chi connectivity index (χ3v) is 3.99. The number of benzene rings is 2. The minimum absolute atomic E-state index is 0.0996. The summed E-state index contributed by atoms with van der Waals surface area (Å²) in [6.07, 6.45) is 1.37. The van der Waals surface area contributed by atoms with Crippen molar-refractivity contribution in [1.29, 1.82) is 0 Å². The molecule has 0 atom stereocenters. The fourth-order valence-electron chi connectivity index (χ4n) is 2.56. The topological polar surface area (TPSA) is 53.9 Å². The average molecular weight is 341 g/mol. The molecule has 5 nitrogen and oxygen atoms in total. The van der Waals surface area contributed by atoms with E-state index in [2.05, 4.69) is 10.5 Å². The molecule has 0 unspecified atom stereocenters. The maximum atomic E-state index is 12.8. The Morgan fingerprint density at radius 1 is 1.08 bits per heavy atom. The van der Waals surface area contributed by atoms with E-state index in [1.54, 1.807) is 17.0 Å². The Balaban J connectivity index is 1.43. The molecule has 1 N–H and O–H groups in total. The number of likely N-dealkylation sites (tertiary alicyclic amines) is 1. The van der Waals surface area contributed by atoms with Crippen LogP contribution < -0.4 is 5.32 Å². The van der Waals surface area contributed by atoms with E-state index in [-0.39, 0.29) is 11.8 Å². The molecule has 1 aliphatic rings. The van der Waals surface area contributed by atoms with Gasteiger partial charge in [-0.3, -0.25) is 0 Å². The van der Waals surface area contributed by atoms with Crippen LogP contribution in [0.5, 0.6) is 0 Å². The Kier molecular flexibility index (Phi) is 5.61. The van der Waals surface area contributed by atoms with Gasteiger partial charge in [0.25, 0.3) is 0 Å². The Labute approximate surface area is 146 Å². The minimum Gasteiger partial charge on any atom is -0.391 e. The van der Waals surface area contributed by atoms with Crippen LogP contribution in [-0.4, -0.2) is 29.7 Å². The van der Waals surface area contributed by atoms with Gasteiger partial charge in [0.1, 0.15) is 12.4 Å². The van der Waals surface area contributed by atoms with Gasteiger partial charge in [-0.15, -0.1) is 0 Å². The van der Waals surface area contributed by atoms with Gasteiger partial charge in [0.2, 0.25) is 0 Å². The lowest BCUT2D eigenvalue weighted by molar-refractivity contribution is 0.127. The standard InChI is InChI=1S/C19H20FN3O2/c20-16-8-6-15(7-9-16)14-25-22-18-10-12-23(13-11-18)19(24)21-17-4-2-1-3-5-17/h1-9H,10-14H2,(H,21,24). The number of oxime groups is 1. The molecule has 2 amide bonds. The average Bonchev–Trinajstić information content (AvgIpc) is 2.65. The van der Waals surface area contributed by atoms with Crippen LogP contribution in [-0.2, 0) is 11.4 Å². The molecule has 6 heteroatoms. The second-order valence-corrected chi connectivity index (χ2v) is 5.84. The van der Waals surface area contributed by atoms with Gasteiger partial charge in [0.05, 0.1) is 5.71 Å². The third kappa shape index (κ3) is 5.04. The molecule has 0 bridgehead atoms. The van der Waals surface area contributed by atoms with Crippen molar-refractivity contribution >= 4 is 17.4 Å². The number of nitrogens with zero attached hydrogens (tertiary/aromatic N) is 2. The summed E-state index contributed by atoms with van der Waals surface area (Å²) in [6, 6.07) is 15.4. The van der Waals surface area contributed by atoms with E-state index in [4.69, 9.17) is 4.84 Å². The molecule has 0 radical (unpaired) electrons. The summed E-state index contributed by atoms with van der Waals surface area (Å²) in [6.45, 7) is 1.52. The summed E-state index contributed by atoms with van der Waals surface area (Å²) in [5.41, 5.74) is 2.59. The van der Waals surface area contributed by atoms with E-state index in [0.717, 1.165) is 17.0 Å². The largest absolute Gasteiger partial charge is 0.391 e. The normalized spacial score (nSPS) is 14.1. The fraction of sp³-hybridized carbons (Fsp3) is 0.263. The summed E-state index contributed by atoms with van der Waals surface area (Å²) in [7, 11) is 0. The number of hydrogen-bond donors (Lipinski definition) is 1. The lowest BCUT2D eigenvalue weighted by Gasteiger charge is -2.27. The number of halogens is 1. The number of amides is 2. The highest BCUT2D eigenvalue weighted by molar-refractivity contribution is 5.92. The molecule has 2 aromatic rings. The SMILES string of the molecule is O=C(Nc1ccccc1)N1CCC(=NOCc2ccc(F)cc2)CC1. The van der Waals surface area contributed by atoms with E-state index in [9.17, 15) is 9.18 Å². The summed E-state index contributed by atoms with van der Waals surface area (Å²) in [5.74, 6) is -0.267. The first-order chi connectivity index (χ1) is 12.2. The Morgan fingerprint density at radius 2 is 1.76 bits per heavy atom. The van der Waals surface area contributed by atoms with Crippen molar-refractivity contribution in [3.05, 3.63) is 66.0 Å². The number of piperidine rings is 1. The molecular weight excluding hydrogens is 321 g/mol. The maximum absolute atomic E-state index is 12.8. The van der Waals surface area contributed by atoms with Gasteiger partial charge in [-0.2, -0.15) is 0 Å². The zero-order valence-corrected chi connectivity index (χ0v) is 13.8. The molecule has 0 saturated carbocycles. The number of anilines is 1. The van der Waals surface area contributed by atoms with Gasteiger partial charge >= 0.3 is 6.03 Å². The Hall–Kier alpha value is -2.89. The van der Waals surface area contributed by atoms with Gasteiger partial charge in [-0.25, -0.2) is 9.18 Å². The number of hydrogen-bond acceptors (Lipinski definition) is 3. The number of rotatable bonds is 4. The second kappa shape index (κ2) is 8.28. The third-order valence-electron chi connectivity index (χ3n) is 3.99. The lowest BCUT2D eigenvalue weighted by atomic mass is 10.1. The number of para-hydroxylation sites is 1. The van der Waals surface area contributed by atoms with Crippen LogP contribution in [0.15, 0.2) is 59.8 Å². The molecular formula is C19H20FN3O2. The van der Waals surface area contributed by atoms with E-state index >= 15 is 0 Å². The van der Waals surface area contributed by atoms with E-state index in [1.807, 2.05) is 30.3 Å². The highest BCUT2D eigenvalue weighted by Gasteiger charge is 2.20. The van der Waals surface area contributed by atoms with Crippen molar-refractivity contribution in [3.8, 4) is 0 Å². The van der Waals surface area contributed by atoms with Crippen LogP contribution in [0.3, 0.4) is 0 Å². The van der Waals surface area contributed by atoms with Crippen LogP contribution in [0.1, 0.15) is 18.4 Å². The molecule has 0 spiro atoms. The Morgan fingerprint density at radius 3 is 2.44 bits per heavy atom. The zero-order valence-electron chi connectivity index (χ0n) is 13.8. The molecule has 0 aliphatic carbocycles. The minimum atomic E-state index is -0.267. The number of urea groups is 1. The highest BCUT2D eigenvalue weighted by atomic mass is 19.1. The number of carbonyl (C=O) groups is 1. The van der Waals surface area contributed by atoms with Crippen LogP contribution in [0.2, 0.25) is 0 Å². The van der Waals surface area contributed by atoms with Crippen LogP contribution in [0, 0.1) is 5.82 Å². The van der Waals surface area contributed by atoms with Crippen molar-refractivity contribution in [1.82, 2.24) is 4.90 Å². The van der Waals surface area contributed by atoms with Crippen molar-refractivity contribution < 1.29 is 14.0 Å². The summed E-state index contributed by atoms with van der Waals surface area (Å²) in [5, 5.41) is 7.02. The molecule has 2 aromatic carbocycles. The van der Waals surface area contributed by atoms with E-state index in [0.29, 0.717) is 32.5 Å². The first-order valence-corrected chi connectivity index (χ1v) is 8.24. The van der Waals surface area contributed by atoms with Gasteiger partial charge < -0.3 is 15.1 Å². The van der Waals surface area contributed by atoms with Crippen LogP contribution in [0.4, 0.5) is 14.9 Å². The van der Waals surface area contributed by atoms with Crippen LogP contribution in [0.25, 0.3) is 0 Å². The van der Waals surface area contributed by atoms with Crippen LogP contribution >= 0.6 is 0 Å². The van der Waals surface area contributed by atoms with Crippen molar-refractivity contribution in [2.24, 2.45) is 5.16 Å². The maximum Gasteiger partial charge on any atom is 0.321 e. The summed E-state index contributed by atoms with van der Waals surface area (Å²) < 4.78 is 12.8. The van der Waals surface area contributed by atoms with E-state index in [1.165, 1.54) is 12.1 Å². The van der Waals surface area contributed by atoms with Crippen molar-refractivity contribution in [2.75, 3.05) is 18.4 Å². The van der Waals surface area contributed by atoms with Gasteiger partial charge in [0.15, 0.2) is 0 Å². The first-order valence-electron chi connectivity index (χ1n) is 8.24. The molecule has 130 valence electrons. The van der Waals surface area contributed by atoms with Gasteiger partial charge in [0, 0.05) is 31.6 Å². The van der Waals surface area contributed by atoms with Crippen molar-refractivity contribution in [3.63, 3.8) is 0 Å². The summed E-state index contributed by atoms with van der Waals surface area (Å²) >= 11 is 0. The highest BCUT2D eigenvalue weighted by Crippen LogP contribution is 2.12. The molecule has 1 fully saturated rings. The fourth-order valence-corrected chi connectivity index (χ4v) is 2.56. The molecule has 3 rings (SSSR count). The molecule has 1 saturated heterocycles. The van der Waals surface area contributed by atoms with Gasteiger partial charge in [-0.1, -0.05) is 35.5 Å². The van der Waals surface area contributed by atoms with Crippen molar-refractivity contribution in [2.45, 2.75) is 19.4 Å². The summed E-state index contributed by atoms with van der Waals surface area (Å²) in [4.78, 5) is 19.3. The number of nitrogens with one attached hydrogen (secondary N) is 1. The smallest absolute Gasteiger partial charge is 0.321 e. The number of carbonyl (C=O) groups excluding carboxylic acids is 1. The quantitative estimate of drug-likeness (QED) is 0.854.